The number of aromatic amines is 1. The summed E-state index contributed by atoms with van der Waals surface area (Å²) in [4.78, 5) is 5.90. The third-order valence-corrected chi connectivity index (χ3v) is 17.2. The minimum absolute atomic E-state index is 0.529. The second kappa shape index (κ2) is 33.9. The summed E-state index contributed by atoms with van der Waals surface area (Å²) in [6.07, 6.45) is 11.3. The topological polar surface area (TPSA) is 19.0 Å². The maximum absolute atomic E-state index is 3.55. The van der Waals surface area contributed by atoms with Gasteiger partial charge in [-0.05, 0) is 199 Å². The average molecular weight is 1230 g/mol. The number of rotatable bonds is 10. The first-order valence-corrected chi connectivity index (χ1v) is 33.8. The second-order valence-corrected chi connectivity index (χ2v) is 23.1. The highest BCUT2D eigenvalue weighted by Crippen LogP contribution is 2.60. The van der Waals surface area contributed by atoms with Gasteiger partial charge in [-0.25, -0.2) is 0 Å². The molecule has 0 spiro atoms. The lowest BCUT2D eigenvalue weighted by atomic mass is 9.67. The lowest BCUT2D eigenvalue weighted by molar-refractivity contribution is 0.768. The second-order valence-electron chi connectivity index (χ2n) is 23.1. The number of aryl methyl sites for hydroxylation is 5. The molecule has 12 aromatic carbocycles. The summed E-state index contributed by atoms with van der Waals surface area (Å²) in [6, 6.07) is 97.4. The highest BCUT2D eigenvalue weighted by molar-refractivity contribution is 6.11. The number of benzene rings is 12. The first kappa shape index (κ1) is 69.6. The summed E-state index contributed by atoms with van der Waals surface area (Å²) in [5.41, 5.74) is 27.2. The van der Waals surface area contributed by atoms with E-state index in [9.17, 15) is 0 Å². The zero-order chi connectivity index (χ0) is 67.2. The quantitative estimate of drug-likeness (QED) is 0.135. The van der Waals surface area contributed by atoms with Gasteiger partial charge in [-0.3, -0.25) is 0 Å². The van der Waals surface area contributed by atoms with E-state index >= 15 is 0 Å². The molecule has 94 heavy (non-hydrogen) atoms. The third-order valence-electron chi connectivity index (χ3n) is 17.2. The summed E-state index contributed by atoms with van der Waals surface area (Å²) in [6.45, 7) is 32.7. The summed E-state index contributed by atoms with van der Waals surface area (Å²) in [7, 11) is 0. The zero-order valence-electron chi connectivity index (χ0n) is 58.2. The molecular formula is C92H96N2. The number of anilines is 3. The van der Waals surface area contributed by atoms with E-state index in [2.05, 4.69) is 350 Å². The van der Waals surface area contributed by atoms with Gasteiger partial charge in [-0.1, -0.05) is 302 Å². The minimum Gasteiger partial charge on any atom is -0.355 e. The van der Waals surface area contributed by atoms with Crippen LogP contribution in [0.2, 0.25) is 0 Å². The molecule has 0 saturated heterocycles. The van der Waals surface area contributed by atoms with Gasteiger partial charge in [0.2, 0.25) is 0 Å². The molecular weight excluding hydrogens is 1130 g/mol. The smallest absolute Gasteiger partial charge is 0.0714 e. The van der Waals surface area contributed by atoms with Crippen LogP contribution in [0, 0.1) is 41.5 Å². The van der Waals surface area contributed by atoms with Crippen molar-refractivity contribution in [2.45, 2.75) is 109 Å². The van der Waals surface area contributed by atoms with Gasteiger partial charge < -0.3 is 9.88 Å². The van der Waals surface area contributed by atoms with E-state index < -0.39 is 5.41 Å². The van der Waals surface area contributed by atoms with Crippen LogP contribution in [0.25, 0.3) is 72.0 Å². The Morgan fingerprint density at radius 1 is 0.394 bits per heavy atom. The van der Waals surface area contributed by atoms with Crippen molar-refractivity contribution in [3.8, 4) is 33.4 Å². The maximum atomic E-state index is 3.55. The van der Waals surface area contributed by atoms with Gasteiger partial charge in [0.25, 0.3) is 0 Å². The van der Waals surface area contributed by atoms with Crippen LogP contribution in [0.1, 0.15) is 123 Å². The van der Waals surface area contributed by atoms with Crippen molar-refractivity contribution < 1.29 is 0 Å². The molecule has 0 unspecified atom stereocenters. The van der Waals surface area contributed by atoms with Crippen molar-refractivity contribution in [3.63, 3.8) is 0 Å². The maximum Gasteiger partial charge on any atom is 0.0714 e. The van der Waals surface area contributed by atoms with Crippen LogP contribution in [0.4, 0.5) is 17.1 Å². The number of hydrogen-bond acceptors (Lipinski definition) is 1. The van der Waals surface area contributed by atoms with Gasteiger partial charge in [0, 0.05) is 38.6 Å². The highest BCUT2D eigenvalue weighted by Gasteiger charge is 2.47. The first-order chi connectivity index (χ1) is 46.0. The Hall–Kier alpha value is -10.3. The first-order valence-electron chi connectivity index (χ1n) is 33.8. The van der Waals surface area contributed by atoms with Crippen LogP contribution in [0.15, 0.2) is 298 Å². The largest absolute Gasteiger partial charge is 0.355 e. The Morgan fingerprint density at radius 3 is 1.59 bits per heavy atom. The number of hydrogen-bond donors (Lipinski definition) is 1. The van der Waals surface area contributed by atoms with Crippen molar-refractivity contribution in [2.75, 3.05) is 4.90 Å². The van der Waals surface area contributed by atoms with Crippen molar-refractivity contribution in [1.82, 2.24) is 4.98 Å². The molecule has 1 aliphatic carbocycles. The molecule has 1 aromatic heterocycles. The summed E-state index contributed by atoms with van der Waals surface area (Å²) in [5, 5.41) is 5.09. The Labute approximate surface area is 563 Å². The van der Waals surface area contributed by atoms with Crippen molar-refractivity contribution in [3.05, 3.63) is 359 Å². The predicted octanol–water partition coefficient (Wildman–Crippen LogP) is 27.1. The number of fused-ring (bicyclic) bond motifs is 8. The normalized spacial score (nSPS) is 11.4. The highest BCUT2D eigenvalue weighted by atomic mass is 15.1. The van der Waals surface area contributed by atoms with Gasteiger partial charge in [-0.15, -0.1) is 6.58 Å². The van der Waals surface area contributed by atoms with E-state index in [1.54, 1.807) is 0 Å². The molecule has 0 aliphatic heterocycles. The van der Waals surface area contributed by atoms with Gasteiger partial charge >= 0.3 is 0 Å². The summed E-state index contributed by atoms with van der Waals surface area (Å²) in [5.74, 6) is 0. The van der Waals surface area contributed by atoms with E-state index in [0.29, 0.717) is 0 Å². The van der Waals surface area contributed by atoms with E-state index in [1.807, 2.05) is 60.6 Å². The number of para-hydroxylation sites is 1. The Morgan fingerprint density at radius 2 is 0.936 bits per heavy atom. The SMILES string of the molecule is C/C=C\c1cc(N(c2cccc(-c3ccccc3)c2)c2cc3c(c4ccccc24)-c2ccc(C)cc2C3(c2ccccc2)c2ccccc2)ccc1C.C=CC/C=C\C.CC.CC.CC.Cc1ccc2c(c1)[nH]c1ccccc12.Cc1ccccc1-c1cccc(C)c1C. The molecule has 0 fully saturated rings. The average Bonchev–Trinajstić information content (AvgIpc) is 1.51. The Balaban J connectivity index is 0.000000222. The van der Waals surface area contributed by atoms with Crippen molar-refractivity contribution in [2.24, 2.45) is 0 Å². The lowest BCUT2D eigenvalue weighted by Crippen LogP contribution is -2.29. The molecule has 2 heteroatoms. The van der Waals surface area contributed by atoms with Crippen molar-refractivity contribution in [1.29, 1.82) is 0 Å². The van der Waals surface area contributed by atoms with E-state index in [0.717, 1.165) is 23.5 Å². The van der Waals surface area contributed by atoms with Crippen LogP contribution in [-0.2, 0) is 5.41 Å². The zero-order valence-corrected chi connectivity index (χ0v) is 58.2. The summed E-state index contributed by atoms with van der Waals surface area (Å²) >= 11 is 0. The molecule has 0 atom stereocenters. The van der Waals surface area contributed by atoms with Gasteiger partial charge in [0.15, 0.2) is 0 Å². The minimum atomic E-state index is -0.529. The van der Waals surface area contributed by atoms with Crippen LogP contribution in [0.5, 0.6) is 0 Å². The molecule has 474 valence electrons. The van der Waals surface area contributed by atoms with E-state index in [-0.39, 0.29) is 0 Å². The predicted molar refractivity (Wildman–Crippen MR) is 416 cm³/mol. The van der Waals surface area contributed by atoms with Gasteiger partial charge in [-0.2, -0.15) is 0 Å². The molecule has 2 nitrogen and oxygen atoms in total. The molecule has 13 aromatic rings. The monoisotopic (exact) mass is 1230 g/mol. The number of aromatic nitrogens is 1. The molecule has 1 aliphatic rings. The van der Waals surface area contributed by atoms with E-state index in [1.165, 1.54) is 127 Å². The number of allylic oxidation sites excluding steroid dienone is 4. The van der Waals surface area contributed by atoms with Gasteiger partial charge in [0.1, 0.15) is 0 Å². The van der Waals surface area contributed by atoms with Crippen LogP contribution in [0.3, 0.4) is 0 Å². The third kappa shape index (κ3) is 15.1. The molecule has 0 saturated carbocycles. The van der Waals surface area contributed by atoms with Crippen LogP contribution in [-0.4, -0.2) is 4.98 Å². The molecule has 0 radical (unpaired) electrons. The molecule has 1 heterocycles. The standard InChI is InChI=1S/C52H41N.C15H16.C13H11N.C6H10.3C2H6/c1-4-17-39-33-44(30-29-37(39)3)53(43-25-16-20-40(34-43)38-18-8-5-9-19-38)50-35-49-51(46-27-15-14-26-45(46)50)47-31-28-36(2)32-48(47)52(49,41-21-10-6-11-22-41)42-23-12-7-13-24-42;1-11-8-6-10-15(13(11)3)14-9-5-4-7-12(14)2;1-9-6-7-11-10-4-2-3-5-12(10)14-13(11)8-9;1-3-5-6-4-2;3*1-2/h4-35H,1-3H3;4-10H,1-3H3;2-8,14H,1H3;3-4,6H,1,5H2,2H3;3*1-2H3/b17-4-;;;6-4-;;;. The Kier molecular flexibility index (Phi) is 25.1. The van der Waals surface area contributed by atoms with Crippen LogP contribution >= 0.6 is 0 Å². The fourth-order valence-corrected chi connectivity index (χ4v) is 12.8. The summed E-state index contributed by atoms with van der Waals surface area (Å²) < 4.78 is 0. The van der Waals surface area contributed by atoms with Crippen LogP contribution < -0.4 is 4.90 Å². The Bertz CT molecular complexity index is 4590. The molecule has 0 amide bonds. The number of nitrogens with zero attached hydrogens (tertiary/aromatic N) is 1. The molecule has 0 bridgehead atoms. The fourth-order valence-electron chi connectivity index (χ4n) is 12.8. The van der Waals surface area contributed by atoms with Gasteiger partial charge in [0.05, 0.1) is 11.1 Å². The fraction of sp³-hybridized carbons (Fsp3) is 0.174. The van der Waals surface area contributed by atoms with E-state index in [4.69, 9.17) is 0 Å². The molecule has 14 rings (SSSR count). The molecule has 1 N–H and O–H groups in total. The number of nitrogens with one attached hydrogen (secondary N) is 1. The number of H-pyrrole nitrogens is 1. The van der Waals surface area contributed by atoms with Crippen molar-refractivity contribution >= 4 is 55.7 Å². The lowest BCUT2D eigenvalue weighted by Gasteiger charge is -2.35.